The smallest absolute Gasteiger partial charge is 0.191 e. The number of nitrogens with zero attached hydrogens (tertiary/aromatic N) is 4. The van der Waals surface area contributed by atoms with Gasteiger partial charge in [-0.05, 0) is 44.7 Å². The maximum absolute atomic E-state index is 6.26. The fourth-order valence-corrected chi connectivity index (χ4v) is 4.25. The van der Waals surface area contributed by atoms with Gasteiger partial charge in [0.15, 0.2) is 5.96 Å². The highest BCUT2D eigenvalue weighted by Gasteiger charge is 2.25. The number of thiazole rings is 1. The standard InChI is InChI=1S/C19H27ClN6S/c1-14-13-27-17(24-14)7-3-4-9-23-19(21-2)25-15-8-11-26(12-15)18-16(20)6-5-10-22-18/h5-6,10,13,15H,3-4,7-9,11-12H2,1-2H3,(H2,21,23,25). The number of hydrogen-bond acceptors (Lipinski definition) is 5. The van der Waals surface area contributed by atoms with Crippen LogP contribution in [0.5, 0.6) is 0 Å². The van der Waals surface area contributed by atoms with E-state index in [4.69, 9.17) is 11.6 Å². The number of hydrogen-bond donors (Lipinski definition) is 2. The van der Waals surface area contributed by atoms with E-state index in [0.29, 0.717) is 11.1 Å². The number of aromatic nitrogens is 2. The summed E-state index contributed by atoms with van der Waals surface area (Å²) in [5, 5.41) is 11.0. The van der Waals surface area contributed by atoms with E-state index in [-0.39, 0.29) is 0 Å². The van der Waals surface area contributed by atoms with Gasteiger partial charge < -0.3 is 15.5 Å². The average Bonchev–Trinajstić information content (AvgIpc) is 3.30. The van der Waals surface area contributed by atoms with Crippen LogP contribution in [0, 0.1) is 6.92 Å². The quantitative estimate of drug-likeness (QED) is 0.419. The zero-order valence-electron chi connectivity index (χ0n) is 15.9. The molecule has 1 aliphatic rings. The van der Waals surface area contributed by atoms with Crippen LogP contribution in [0.1, 0.15) is 30.0 Å². The molecule has 1 unspecified atom stereocenters. The first-order valence-electron chi connectivity index (χ1n) is 9.39. The molecule has 27 heavy (non-hydrogen) atoms. The molecule has 0 aliphatic carbocycles. The van der Waals surface area contributed by atoms with Gasteiger partial charge in [-0.25, -0.2) is 9.97 Å². The summed E-state index contributed by atoms with van der Waals surface area (Å²) in [5.74, 6) is 1.72. The molecule has 0 spiro atoms. The van der Waals surface area contributed by atoms with Crippen LogP contribution < -0.4 is 15.5 Å². The average molecular weight is 407 g/mol. The molecule has 6 nitrogen and oxygen atoms in total. The van der Waals surface area contributed by atoms with E-state index in [2.05, 4.69) is 35.9 Å². The summed E-state index contributed by atoms with van der Waals surface area (Å²) in [6.45, 7) is 4.77. The molecule has 3 heterocycles. The molecule has 1 saturated heterocycles. The van der Waals surface area contributed by atoms with Crippen LogP contribution in [0.15, 0.2) is 28.7 Å². The number of anilines is 1. The Bertz CT molecular complexity index is 762. The second-order valence-electron chi connectivity index (χ2n) is 6.72. The van der Waals surface area contributed by atoms with Crippen LogP contribution in [0.2, 0.25) is 5.02 Å². The third kappa shape index (κ3) is 5.81. The van der Waals surface area contributed by atoms with E-state index >= 15 is 0 Å². The SMILES string of the molecule is CN=C(NCCCCc1nc(C)cs1)NC1CCN(c2ncccc2Cl)C1. The molecule has 0 aromatic carbocycles. The van der Waals surface area contributed by atoms with E-state index < -0.39 is 0 Å². The van der Waals surface area contributed by atoms with Crippen LogP contribution in [-0.4, -0.2) is 48.7 Å². The number of aliphatic imine (C=N–C) groups is 1. The molecule has 0 bridgehead atoms. The predicted molar refractivity (Wildman–Crippen MR) is 114 cm³/mol. The summed E-state index contributed by atoms with van der Waals surface area (Å²) >= 11 is 8.02. The van der Waals surface area contributed by atoms with E-state index in [1.165, 1.54) is 5.01 Å². The van der Waals surface area contributed by atoms with E-state index in [0.717, 1.165) is 62.8 Å². The monoisotopic (exact) mass is 406 g/mol. The Morgan fingerprint density at radius 1 is 1.44 bits per heavy atom. The number of aryl methyl sites for hydroxylation is 2. The highest BCUT2D eigenvalue weighted by atomic mass is 35.5. The second-order valence-corrected chi connectivity index (χ2v) is 8.07. The number of pyridine rings is 1. The number of unbranched alkanes of at least 4 members (excludes halogenated alkanes) is 1. The second kappa shape index (κ2) is 9.90. The third-order valence-electron chi connectivity index (χ3n) is 4.57. The van der Waals surface area contributed by atoms with Crippen molar-refractivity contribution in [2.45, 2.75) is 38.6 Å². The minimum Gasteiger partial charge on any atom is -0.356 e. The van der Waals surface area contributed by atoms with Gasteiger partial charge in [0.05, 0.1) is 10.0 Å². The largest absolute Gasteiger partial charge is 0.356 e. The van der Waals surface area contributed by atoms with Gasteiger partial charge in [0.25, 0.3) is 0 Å². The summed E-state index contributed by atoms with van der Waals surface area (Å²) in [6, 6.07) is 4.09. The van der Waals surface area contributed by atoms with E-state index in [9.17, 15) is 0 Å². The lowest BCUT2D eigenvalue weighted by Crippen LogP contribution is -2.44. The highest BCUT2D eigenvalue weighted by molar-refractivity contribution is 7.09. The van der Waals surface area contributed by atoms with Gasteiger partial charge in [-0.2, -0.15) is 0 Å². The summed E-state index contributed by atoms with van der Waals surface area (Å²) in [4.78, 5) is 15.5. The molecule has 1 atom stereocenters. The van der Waals surface area contributed by atoms with Crippen LogP contribution in [0.25, 0.3) is 0 Å². The lowest BCUT2D eigenvalue weighted by Gasteiger charge is -2.20. The molecular weight excluding hydrogens is 380 g/mol. The number of guanidine groups is 1. The topological polar surface area (TPSA) is 65.4 Å². The molecule has 2 aromatic rings. The van der Waals surface area contributed by atoms with Gasteiger partial charge in [0, 0.05) is 50.0 Å². The van der Waals surface area contributed by atoms with Gasteiger partial charge >= 0.3 is 0 Å². The molecule has 1 fully saturated rings. The molecule has 1 aliphatic heterocycles. The van der Waals surface area contributed by atoms with Gasteiger partial charge in [-0.15, -0.1) is 11.3 Å². The normalized spacial score (nSPS) is 17.4. The molecule has 8 heteroatoms. The van der Waals surface area contributed by atoms with Crippen molar-refractivity contribution in [2.24, 2.45) is 4.99 Å². The van der Waals surface area contributed by atoms with Crippen molar-refractivity contribution in [3.8, 4) is 0 Å². The van der Waals surface area contributed by atoms with Crippen molar-refractivity contribution >= 4 is 34.7 Å². The lowest BCUT2D eigenvalue weighted by atomic mass is 10.2. The Morgan fingerprint density at radius 2 is 2.33 bits per heavy atom. The zero-order chi connectivity index (χ0) is 19.1. The van der Waals surface area contributed by atoms with Crippen molar-refractivity contribution in [3.63, 3.8) is 0 Å². The van der Waals surface area contributed by atoms with Crippen molar-refractivity contribution in [2.75, 3.05) is 31.6 Å². The third-order valence-corrected chi connectivity index (χ3v) is 5.89. The van der Waals surface area contributed by atoms with Gasteiger partial charge in [-0.1, -0.05) is 11.6 Å². The first-order chi connectivity index (χ1) is 13.2. The molecule has 0 amide bonds. The molecule has 0 saturated carbocycles. The fraction of sp³-hybridized carbons (Fsp3) is 0.526. The van der Waals surface area contributed by atoms with Crippen molar-refractivity contribution in [1.29, 1.82) is 0 Å². The Labute approximate surface area is 170 Å². The zero-order valence-corrected chi connectivity index (χ0v) is 17.5. The molecular formula is C19H27ClN6S. The van der Waals surface area contributed by atoms with Gasteiger partial charge in [0.1, 0.15) is 5.82 Å². The van der Waals surface area contributed by atoms with Crippen LogP contribution in [0.3, 0.4) is 0 Å². The lowest BCUT2D eigenvalue weighted by molar-refractivity contribution is 0.635. The Hall–Kier alpha value is -1.86. The molecule has 2 aromatic heterocycles. The van der Waals surface area contributed by atoms with E-state index in [1.54, 1.807) is 17.5 Å². The van der Waals surface area contributed by atoms with Crippen LogP contribution in [-0.2, 0) is 6.42 Å². The summed E-state index contributed by atoms with van der Waals surface area (Å²) in [5.41, 5.74) is 1.12. The van der Waals surface area contributed by atoms with Crippen molar-refractivity contribution in [1.82, 2.24) is 20.6 Å². The molecule has 2 N–H and O–H groups in total. The Kier molecular flexibility index (Phi) is 7.29. The Balaban J connectivity index is 1.37. The van der Waals surface area contributed by atoms with E-state index in [1.807, 2.05) is 26.1 Å². The molecule has 0 radical (unpaired) electrons. The highest BCUT2D eigenvalue weighted by Crippen LogP contribution is 2.25. The summed E-state index contributed by atoms with van der Waals surface area (Å²) in [6.07, 6.45) is 6.10. The summed E-state index contributed by atoms with van der Waals surface area (Å²) in [7, 11) is 1.82. The first-order valence-corrected chi connectivity index (χ1v) is 10.6. The van der Waals surface area contributed by atoms with Crippen molar-refractivity contribution < 1.29 is 0 Å². The molecule has 146 valence electrons. The predicted octanol–water partition coefficient (Wildman–Crippen LogP) is 3.27. The first kappa shape index (κ1) is 19.9. The van der Waals surface area contributed by atoms with Gasteiger partial charge in [0.2, 0.25) is 0 Å². The van der Waals surface area contributed by atoms with Crippen LogP contribution in [0.4, 0.5) is 5.82 Å². The number of rotatable bonds is 7. The molecule has 3 rings (SSSR count). The minimum absolute atomic E-state index is 0.340. The van der Waals surface area contributed by atoms with Crippen molar-refractivity contribution in [3.05, 3.63) is 39.4 Å². The summed E-state index contributed by atoms with van der Waals surface area (Å²) < 4.78 is 0. The minimum atomic E-state index is 0.340. The Morgan fingerprint density at radius 3 is 3.07 bits per heavy atom. The van der Waals surface area contributed by atoms with Gasteiger partial charge in [-0.3, -0.25) is 4.99 Å². The maximum atomic E-state index is 6.26. The van der Waals surface area contributed by atoms with Crippen LogP contribution >= 0.6 is 22.9 Å². The maximum Gasteiger partial charge on any atom is 0.191 e. The number of nitrogens with one attached hydrogen (secondary N) is 2. The fourth-order valence-electron chi connectivity index (χ4n) is 3.19. The number of halogens is 1.